The molecule has 0 saturated heterocycles. The van der Waals surface area contributed by atoms with Crippen LogP contribution in [0.4, 0.5) is 0 Å². The number of carbonyl (C=O) groups excluding carboxylic acids is 1. The fraction of sp³-hybridized carbons (Fsp3) is 0.923. The van der Waals surface area contributed by atoms with Gasteiger partial charge in [-0.2, -0.15) is 0 Å². The van der Waals surface area contributed by atoms with Crippen molar-refractivity contribution in [3.05, 3.63) is 0 Å². The van der Waals surface area contributed by atoms with Crippen LogP contribution in [0.2, 0.25) is 0 Å². The largest absolute Gasteiger partial charge is 0.300 e. The van der Waals surface area contributed by atoms with Gasteiger partial charge >= 0.3 is 0 Å². The molecule has 0 heterocycles. The van der Waals surface area contributed by atoms with Crippen LogP contribution in [0.3, 0.4) is 0 Å². The van der Waals surface area contributed by atoms with Gasteiger partial charge in [0.25, 0.3) is 0 Å². The van der Waals surface area contributed by atoms with E-state index in [1.807, 2.05) is 0 Å². The van der Waals surface area contributed by atoms with Crippen molar-refractivity contribution in [1.82, 2.24) is 0 Å². The van der Waals surface area contributed by atoms with Gasteiger partial charge < -0.3 is 0 Å². The highest BCUT2D eigenvalue weighted by Crippen LogP contribution is 2.33. The first kappa shape index (κ1) is 11.7. The van der Waals surface area contributed by atoms with Gasteiger partial charge in [-0.1, -0.05) is 39.5 Å². The lowest BCUT2D eigenvalue weighted by Crippen LogP contribution is -2.08. The zero-order chi connectivity index (χ0) is 10.4. The second-order valence-corrected chi connectivity index (χ2v) is 4.81. The molecule has 82 valence electrons. The van der Waals surface area contributed by atoms with Crippen LogP contribution in [0.25, 0.3) is 0 Å². The van der Waals surface area contributed by atoms with E-state index in [1.54, 1.807) is 0 Å². The van der Waals surface area contributed by atoms with Crippen LogP contribution in [0.1, 0.15) is 65.2 Å². The van der Waals surface area contributed by atoms with Crippen molar-refractivity contribution < 1.29 is 4.79 Å². The molecule has 1 fully saturated rings. The molecule has 0 aromatic heterocycles. The zero-order valence-electron chi connectivity index (χ0n) is 9.72. The monoisotopic (exact) mass is 196 g/mol. The molecule has 0 aromatic rings. The Labute approximate surface area is 88.3 Å². The normalized spacial score (nSPS) is 18.1. The lowest BCUT2D eigenvalue weighted by molar-refractivity contribution is -0.120. The minimum atomic E-state index is 0.524. The van der Waals surface area contributed by atoms with Gasteiger partial charge in [-0.3, -0.25) is 4.79 Å². The summed E-state index contributed by atoms with van der Waals surface area (Å²) in [7, 11) is 0. The van der Waals surface area contributed by atoms with Gasteiger partial charge in [-0.15, -0.1) is 0 Å². The molecule has 1 rings (SSSR count). The van der Waals surface area contributed by atoms with Crippen LogP contribution in [0, 0.1) is 11.8 Å². The summed E-state index contributed by atoms with van der Waals surface area (Å²) in [6.07, 6.45) is 9.31. The van der Waals surface area contributed by atoms with Gasteiger partial charge in [0.15, 0.2) is 0 Å². The molecule has 0 spiro atoms. The second kappa shape index (κ2) is 6.21. The van der Waals surface area contributed by atoms with E-state index >= 15 is 0 Å². The van der Waals surface area contributed by atoms with Crippen LogP contribution in [0.5, 0.6) is 0 Å². The Bertz CT molecular complexity index is 170. The Balaban J connectivity index is 2.13. The Hall–Kier alpha value is -0.330. The van der Waals surface area contributed by atoms with Gasteiger partial charge in [0.1, 0.15) is 5.78 Å². The summed E-state index contributed by atoms with van der Waals surface area (Å²) in [6.45, 7) is 4.43. The summed E-state index contributed by atoms with van der Waals surface area (Å²) < 4.78 is 0. The third-order valence-corrected chi connectivity index (χ3v) is 3.27. The Morgan fingerprint density at radius 2 is 2.07 bits per heavy atom. The number of rotatable bonds is 8. The van der Waals surface area contributed by atoms with Crippen molar-refractivity contribution in [2.45, 2.75) is 65.2 Å². The van der Waals surface area contributed by atoms with Crippen LogP contribution in [0.15, 0.2) is 0 Å². The van der Waals surface area contributed by atoms with Gasteiger partial charge in [0, 0.05) is 12.8 Å². The summed E-state index contributed by atoms with van der Waals surface area (Å²) in [6, 6.07) is 0. The number of carbonyl (C=O) groups is 1. The topological polar surface area (TPSA) is 17.1 Å². The third-order valence-electron chi connectivity index (χ3n) is 3.27. The third kappa shape index (κ3) is 4.78. The Morgan fingerprint density at radius 1 is 1.36 bits per heavy atom. The second-order valence-electron chi connectivity index (χ2n) is 4.81. The maximum Gasteiger partial charge on any atom is 0.133 e. The van der Waals surface area contributed by atoms with Crippen LogP contribution in [-0.4, -0.2) is 5.78 Å². The molecule has 0 bridgehead atoms. The highest BCUT2D eigenvalue weighted by atomic mass is 16.1. The molecular formula is C13H24O. The highest BCUT2D eigenvalue weighted by Gasteiger charge is 2.25. The molecule has 1 saturated carbocycles. The zero-order valence-corrected chi connectivity index (χ0v) is 9.72. The SMILES string of the molecule is CCCCC(CC)CC(=O)CC1CC1. The molecule has 0 aromatic carbocycles. The first-order valence-corrected chi connectivity index (χ1v) is 6.27. The number of hydrogen-bond donors (Lipinski definition) is 0. The van der Waals surface area contributed by atoms with E-state index < -0.39 is 0 Å². The summed E-state index contributed by atoms with van der Waals surface area (Å²) in [5, 5.41) is 0. The number of hydrogen-bond acceptors (Lipinski definition) is 1. The van der Waals surface area contributed by atoms with Crippen molar-refractivity contribution in [3.8, 4) is 0 Å². The fourth-order valence-corrected chi connectivity index (χ4v) is 1.99. The molecule has 1 aliphatic rings. The van der Waals surface area contributed by atoms with Crippen LogP contribution in [-0.2, 0) is 4.79 Å². The van der Waals surface area contributed by atoms with Crippen molar-refractivity contribution >= 4 is 5.78 Å². The minimum absolute atomic E-state index is 0.524. The first-order valence-electron chi connectivity index (χ1n) is 6.27. The molecule has 1 unspecified atom stereocenters. The molecular weight excluding hydrogens is 172 g/mol. The van der Waals surface area contributed by atoms with E-state index in [-0.39, 0.29) is 0 Å². The van der Waals surface area contributed by atoms with Crippen molar-refractivity contribution in [2.24, 2.45) is 11.8 Å². The van der Waals surface area contributed by atoms with Crippen LogP contribution < -0.4 is 0 Å². The Morgan fingerprint density at radius 3 is 2.57 bits per heavy atom. The summed E-state index contributed by atoms with van der Waals surface area (Å²) in [5.41, 5.74) is 0. The lowest BCUT2D eigenvalue weighted by Gasteiger charge is -2.12. The average Bonchev–Trinajstić information content (AvgIpc) is 2.95. The van der Waals surface area contributed by atoms with Gasteiger partial charge in [-0.05, 0) is 24.7 Å². The molecule has 0 amide bonds. The molecule has 0 radical (unpaired) electrons. The van der Waals surface area contributed by atoms with Crippen molar-refractivity contribution in [2.75, 3.05) is 0 Å². The Kier molecular flexibility index (Phi) is 5.21. The quantitative estimate of drug-likeness (QED) is 0.574. The first-order chi connectivity index (χ1) is 6.76. The van der Waals surface area contributed by atoms with E-state index in [1.165, 1.54) is 38.5 Å². The molecule has 1 heteroatoms. The van der Waals surface area contributed by atoms with Crippen molar-refractivity contribution in [1.29, 1.82) is 0 Å². The molecule has 1 aliphatic carbocycles. The maximum atomic E-state index is 11.6. The number of Topliss-reactive ketones (excluding diaryl/α,β-unsaturated/α-hetero) is 1. The van der Waals surface area contributed by atoms with E-state index in [4.69, 9.17) is 0 Å². The predicted molar refractivity (Wildman–Crippen MR) is 60.3 cm³/mol. The standard InChI is InChI=1S/C13H24O/c1-3-5-6-11(4-2)9-13(14)10-12-7-8-12/h11-12H,3-10H2,1-2H3. The molecule has 0 aliphatic heterocycles. The summed E-state index contributed by atoms with van der Waals surface area (Å²) in [4.78, 5) is 11.6. The lowest BCUT2D eigenvalue weighted by atomic mass is 9.92. The minimum Gasteiger partial charge on any atom is -0.300 e. The van der Waals surface area contributed by atoms with Gasteiger partial charge in [0.05, 0.1) is 0 Å². The summed E-state index contributed by atoms with van der Waals surface area (Å²) >= 11 is 0. The van der Waals surface area contributed by atoms with Gasteiger partial charge in [0.2, 0.25) is 0 Å². The molecule has 1 atom stereocenters. The van der Waals surface area contributed by atoms with E-state index in [9.17, 15) is 4.79 Å². The van der Waals surface area contributed by atoms with Gasteiger partial charge in [-0.25, -0.2) is 0 Å². The van der Waals surface area contributed by atoms with Crippen molar-refractivity contribution in [3.63, 3.8) is 0 Å². The maximum absolute atomic E-state index is 11.6. The smallest absolute Gasteiger partial charge is 0.133 e. The van der Waals surface area contributed by atoms with E-state index in [0.717, 1.165) is 18.8 Å². The fourth-order valence-electron chi connectivity index (χ4n) is 1.99. The average molecular weight is 196 g/mol. The van der Waals surface area contributed by atoms with Crippen LogP contribution >= 0.6 is 0 Å². The number of ketones is 1. The highest BCUT2D eigenvalue weighted by molar-refractivity contribution is 5.79. The predicted octanol–water partition coefficient (Wildman–Crippen LogP) is 3.96. The van der Waals surface area contributed by atoms with E-state index in [0.29, 0.717) is 11.7 Å². The summed E-state index contributed by atoms with van der Waals surface area (Å²) in [5.74, 6) is 1.96. The molecule has 14 heavy (non-hydrogen) atoms. The van der Waals surface area contributed by atoms with E-state index in [2.05, 4.69) is 13.8 Å². The molecule has 0 N–H and O–H groups in total. The number of unbranched alkanes of at least 4 members (excludes halogenated alkanes) is 1. The molecule has 1 nitrogen and oxygen atoms in total.